The first kappa shape index (κ1) is 16.3. The molecule has 0 fully saturated rings. The molecule has 1 heterocycles. The summed E-state index contributed by atoms with van der Waals surface area (Å²) in [6.45, 7) is 2.11. The second kappa shape index (κ2) is 6.88. The molecule has 0 aliphatic heterocycles. The Hall–Kier alpha value is -0.724. The molecule has 0 spiro atoms. The predicted octanol–water partition coefficient (Wildman–Crippen LogP) is -2.76. The zero-order valence-corrected chi connectivity index (χ0v) is 12.0. The molecule has 0 amide bonds. The number of hydrogen-bond donors (Lipinski definition) is 0. The second-order valence-electron chi connectivity index (χ2n) is 3.51. The Morgan fingerprint density at radius 2 is 2.18 bits per heavy atom. The molecule has 1 unspecified atom stereocenters. The van der Waals surface area contributed by atoms with Gasteiger partial charge in [0.1, 0.15) is 0 Å². The third-order valence-electron chi connectivity index (χ3n) is 2.45. The van der Waals surface area contributed by atoms with Crippen molar-refractivity contribution in [1.29, 1.82) is 0 Å². The van der Waals surface area contributed by atoms with Gasteiger partial charge in [0.25, 0.3) is 0 Å². The molecule has 1 atom stereocenters. The first-order chi connectivity index (χ1) is 7.22. The van der Waals surface area contributed by atoms with Crippen LogP contribution in [0, 0.1) is 12.3 Å². The van der Waals surface area contributed by atoms with Crippen LogP contribution in [0.15, 0.2) is 23.0 Å². The largest absolute Gasteiger partial charge is 2.00 e. The summed E-state index contributed by atoms with van der Waals surface area (Å²) in [6, 6.07) is 0. The van der Waals surface area contributed by atoms with Gasteiger partial charge < -0.3 is 12.4 Å². The molecule has 0 aromatic carbocycles. The summed E-state index contributed by atoms with van der Waals surface area (Å²) in [6.07, 6.45) is 8.96. The maximum Gasteiger partial charge on any atom is 2.00 e. The van der Waals surface area contributed by atoms with Crippen molar-refractivity contribution < 1.29 is 12.4 Å². The smallest absolute Gasteiger partial charge is 1.00 e. The molecular formula is C10H13ClMgN4O. The molecule has 7 heteroatoms. The van der Waals surface area contributed by atoms with E-state index in [1.54, 1.807) is 7.05 Å². The fourth-order valence-corrected chi connectivity index (χ4v) is 1.50. The fraction of sp³-hybridized carbons (Fsp3) is 0.400. The fourth-order valence-electron chi connectivity index (χ4n) is 1.50. The average Bonchev–Trinajstić information content (AvgIpc) is 2.60. The number of allylic oxidation sites excluding steroid dienone is 4. The minimum Gasteiger partial charge on any atom is -1.00 e. The van der Waals surface area contributed by atoms with Gasteiger partial charge in [0.2, 0.25) is 0 Å². The minimum absolute atomic E-state index is 0. The van der Waals surface area contributed by atoms with Gasteiger partial charge in [-0.15, -0.1) is 12.2 Å². The van der Waals surface area contributed by atoms with Crippen molar-refractivity contribution in [3.05, 3.63) is 35.1 Å². The molecule has 1 aliphatic rings. The van der Waals surface area contributed by atoms with Crippen LogP contribution in [0.3, 0.4) is 0 Å². The molecule has 0 radical (unpaired) electrons. The van der Waals surface area contributed by atoms with Crippen molar-refractivity contribution in [2.24, 2.45) is 13.0 Å². The minimum atomic E-state index is -0.220. The maximum absolute atomic E-state index is 11.6. The van der Waals surface area contributed by atoms with Crippen LogP contribution in [0.25, 0.3) is 5.70 Å². The van der Waals surface area contributed by atoms with Crippen molar-refractivity contribution in [2.45, 2.75) is 13.3 Å². The van der Waals surface area contributed by atoms with Gasteiger partial charge >= 0.3 is 28.7 Å². The van der Waals surface area contributed by atoms with Gasteiger partial charge in [-0.1, -0.05) is 25.0 Å². The quantitative estimate of drug-likeness (QED) is 0.430. The van der Waals surface area contributed by atoms with E-state index >= 15 is 0 Å². The van der Waals surface area contributed by atoms with E-state index < -0.39 is 0 Å². The first-order valence-electron chi connectivity index (χ1n) is 4.95. The second-order valence-corrected chi connectivity index (χ2v) is 3.51. The zero-order chi connectivity index (χ0) is 10.8. The average molecular weight is 265 g/mol. The first-order valence-corrected chi connectivity index (χ1v) is 4.95. The normalized spacial score (nSPS) is 17.5. The van der Waals surface area contributed by atoms with Crippen LogP contribution in [0.1, 0.15) is 13.3 Å². The number of rotatable bonds is 2. The molecule has 1 aromatic heterocycles. The van der Waals surface area contributed by atoms with Crippen LogP contribution >= 0.6 is 0 Å². The molecule has 0 N–H and O–H groups in total. The Bertz CT molecular complexity index is 477. The molecule has 5 nitrogen and oxygen atoms in total. The van der Waals surface area contributed by atoms with Crippen molar-refractivity contribution in [1.82, 2.24) is 19.8 Å². The SMILES string of the molecule is CCC1C=CC=C(n2nnn(C)c2=O)[CH-]1.[Cl-].[Mg+2]. The standard InChI is InChI=1S/C10H13N4O.ClH.Mg/c1-3-8-5-4-6-9(7-8)14-10(15)13(2)11-12-14;;/h4-8H,3H2,1-2H3;1H;/q-1;;+2/p-1. The number of nitrogens with zero attached hydrogens (tertiary/aromatic N) is 4. The van der Waals surface area contributed by atoms with Crippen molar-refractivity contribution in [3.63, 3.8) is 0 Å². The number of aromatic nitrogens is 4. The Kier molecular flexibility index (Phi) is 6.59. The predicted molar refractivity (Wildman–Crippen MR) is 62.5 cm³/mol. The van der Waals surface area contributed by atoms with E-state index in [0.717, 1.165) is 12.1 Å². The van der Waals surface area contributed by atoms with Gasteiger partial charge in [0, 0.05) is 7.05 Å². The van der Waals surface area contributed by atoms with Gasteiger partial charge in [-0.25, -0.2) is 4.79 Å². The van der Waals surface area contributed by atoms with Crippen molar-refractivity contribution in [2.75, 3.05) is 0 Å². The Labute approximate surface area is 122 Å². The van der Waals surface area contributed by atoms with Crippen LogP contribution in [-0.4, -0.2) is 42.8 Å². The summed E-state index contributed by atoms with van der Waals surface area (Å²) in [7, 11) is 1.59. The number of aryl methyl sites for hydroxylation is 1. The molecule has 0 saturated heterocycles. The van der Waals surface area contributed by atoms with Gasteiger partial charge in [0.05, 0.1) is 0 Å². The molecule has 0 bridgehead atoms. The molecular weight excluding hydrogens is 252 g/mol. The molecule has 0 saturated carbocycles. The number of tetrazole rings is 1. The van der Waals surface area contributed by atoms with Gasteiger partial charge in [-0.05, 0) is 10.4 Å². The van der Waals surface area contributed by atoms with Crippen LogP contribution in [0.2, 0.25) is 0 Å². The Balaban J connectivity index is 0.00000128. The summed E-state index contributed by atoms with van der Waals surface area (Å²) >= 11 is 0. The van der Waals surface area contributed by atoms with Crippen LogP contribution in [-0.2, 0) is 7.05 Å². The number of hydrogen-bond acceptors (Lipinski definition) is 3. The third-order valence-corrected chi connectivity index (χ3v) is 2.45. The van der Waals surface area contributed by atoms with Crippen molar-refractivity contribution >= 4 is 28.7 Å². The van der Waals surface area contributed by atoms with Crippen molar-refractivity contribution in [3.8, 4) is 0 Å². The molecule has 88 valence electrons. The topological polar surface area (TPSA) is 52.7 Å². The monoisotopic (exact) mass is 264 g/mol. The van der Waals surface area contributed by atoms with E-state index in [1.165, 1.54) is 9.36 Å². The summed E-state index contributed by atoms with van der Waals surface area (Å²) in [4.78, 5) is 11.6. The van der Waals surface area contributed by atoms with Gasteiger partial charge in [-0.3, -0.25) is 0 Å². The van der Waals surface area contributed by atoms with E-state index in [9.17, 15) is 4.79 Å². The zero-order valence-electron chi connectivity index (χ0n) is 9.88. The molecule has 1 aliphatic carbocycles. The summed E-state index contributed by atoms with van der Waals surface area (Å²) in [5.41, 5.74) is 0.574. The van der Waals surface area contributed by atoms with Gasteiger partial charge in [0.15, 0.2) is 0 Å². The molecule has 2 rings (SSSR count). The molecule has 1 aromatic rings. The number of halogens is 1. The van der Waals surface area contributed by atoms with E-state index in [0.29, 0.717) is 5.92 Å². The van der Waals surface area contributed by atoms with E-state index in [2.05, 4.69) is 23.4 Å². The van der Waals surface area contributed by atoms with Crippen LogP contribution in [0.5, 0.6) is 0 Å². The summed E-state index contributed by atoms with van der Waals surface area (Å²) in [5.74, 6) is 0.374. The summed E-state index contributed by atoms with van der Waals surface area (Å²) < 4.78 is 2.53. The summed E-state index contributed by atoms with van der Waals surface area (Å²) in [5, 5.41) is 7.47. The van der Waals surface area contributed by atoms with Gasteiger partial charge in [-0.2, -0.15) is 21.9 Å². The Morgan fingerprint density at radius 1 is 1.47 bits per heavy atom. The third kappa shape index (κ3) is 3.37. The van der Waals surface area contributed by atoms with E-state index in [4.69, 9.17) is 0 Å². The van der Waals surface area contributed by atoms with Crippen LogP contribution in [0.4, 0.5) is 0 Å². The molecule has 17 heavy (non-hydrogen) atoms. The van der Waals surface area contributed by atoms with Crippen LogP contribution < -0.4 is 18.1 Å². The Morgan fingerprint density at radius 3 is 2.71 bits per heavy atom. The van der Waals surface area contributed by atoms with E-state index in [-0.39, 0.29) is 41.1 Å². The van der Waals surface area contributed by atoms with E-state index in [1.807, 2.05) is 18.6 Å². The maximum atomic E-state index is 11.6.